The minimum atomic E-state index is -1.48. The SMILES string of the molecule is COC1C(CO)OC(n2ccc(N)nc2=O)C1(C)O. The van der Waals surface area contributed by atoms with Crippen molar-refractivity contribution < 1.29 is 19.7 Å². The lowest BCUT2D eigenvalue weighted by atomic mass is 9.96. The lowest BCUT2D eigenvalue weighted by molar-refractivity contribution is -0.104. The molecular formula is C11H17N3O5. The Morgan fingerprint density at radius 3 is 2.84 bits per heavy atom. The molecule has 106 valence electrons. The summed E-state index contributed by atoms with van der Waals surface area (Å²) in [6, 6.07) is 1.43. The molecular weight excluding hydrogens is 254 g/mol. The highest BCUT2D eigenvalue weighted by Gasteiger charge is 2.54. The topological polar surface area (TPSA) is 120 Å². The second-order valence-corrected chi connectivity index (χ2v) is 4.63. The average molecular weight is 271 g/mol. The van der Waals surface area contributed by atoms with Crippen LogP contribution >= 0.6 is 0 Å². The van der Waals surface area contributed by atoms with Gasteiger partial charge in [0.25, 0.3) is 0 Å². The maximum Gasteiger partial charge on any atom is 0.351 e. The molecule has 0 aromatic carbocycles. The molecule has 4 unspecified atom stereocenters. The molecule has 0 bridgehead atoms. The van der Waals surface area contributed by atoms with E-state index in [1.807, 2.05) is 0 Å². The zero-order valence-electron chi connectivity index (χ0n) is 10.7. The van der Waals surface area contributed by atoms with Gasteiger partial charge in [-0.25, -0.2) is 4.79 Å². The fourth-order valence-electron chi connectivity index (χ4n) is 2.37. The van der Waals surface area contributed by atoms with Crippen LogP contribution in [0.15, 0.2) is 17.1 Å². The maximum atomic E-state index is 11.8. The van der Waals surface area contributed by atoms with E-state index in [-0.39, 0.29) is 12.4 Å². The van der Waals surface area contributed by atoms with Crippen LogP contribution in [-0.2, 0) is 9.47 Å². The molecule has 0 saturated carbocycles. The molecule has 4 atom stereocenters. The predicted molar refractivity (Wildman–Crippen MR) is 65.3 cm³/mol. The molecule has 2 rings (SSSR count). The lowest BCUT2D eigenvalue weighted by Crippen LogP contribution is -2.47. The Kier molecular flexibility index (Phi) is 3.59. The van der Waals surface area contributed by atoms with Crippen LogP contribution in [0.3, 0.4) is 0 Å². The summed E-state index contributed by atoms with van der Waals surface area (Å²) in [5.74, 6) is 0.0842. The summed E-state index contributed by atoms with van der Waals surface area (Å²) in [5, 5.41) is 19.7. The number of nitrogens with zero attached hydrogens (tertiary/aromatic N) is 2. The van der Waals surface area contributed by atoms with Crippen LogP contribution in [0.4, 0.5) is 5.82 Å². The van der Waals surface area contributed by atoms with E-state index in [1.54, 1.807) is 0 Å². The van der Waals surface area contributed by atoms with E-state index in [4.69, 9.17) is 15.2 Å². The van der Waals surface area contributed by atoms with Crippen LogP contribution < -0.4 is 11.4 Å². The Balaban J connectivity index is 2.42. The van der Waals surface area contributed by atoms with Gasteiger partial charge in [0.2, 0.25) is 0 Å². The molecule has 1 aliphatic rings. The summed E-state index contributed by atoms with van der Waals surface area (Å²) in [6.07, 6.45) is -1.10. The van der Waals surface area contributed by atoms with Gasteiger partial charge in [0.05, 0.1) is 6.61 Å². The monoisotopic (exact) mass is 271 g/mol. The van der Waals surface area contributed by atoms with Crippen molar-refractivity contribution in [2.24, 2.45) is 0 Å². The van der Waals surface area contributed by atoms with E-state index in [1.165, 1.54) is 26.3 Å². The summed E-state index contributed by atoms with van der Waals surface area (Å²) in [7, 11) is 1.40. The molecule has 1 aromatic rings. The maximum absolute atomic E-state index is 11.8. The predicted octanol–water partition coefficient (Wildman–Crippen LogP) is -1.52. The van der Waals surface area contributed by atoms with Gasteiger partial charge in [0.15, 0.2) is 6.23 Å². The van der Waals surface area contributed by atoms with Crippen LogP contribution in [0, 0.1) is 0 Å². The second-order valence-electron chi connectivity index (χ2n) is 4.63. The zero-order valence-corrected chi connectivity index (χ0v) is 10.7. The molecule has 0 aliphatic carbocycles. The Morgan fingerprint density at radius 1 is 1.68 bits per heavy atom. The summed E-state index contributed by atoms with van der Waals surface area (Å²) in [5.41, 5.74) is 3.29. The smallest absolute Gasteiger partial charge is 0.351 e. The number of aromatic nitrogens is 2. The second kappa shape index (κ2) is 4.89. The van der Waals surface area contributed by atoms with Crippen molar-refractivity contribution in [2.45, 2.75) is 31.0 Å². The van der Waals surface area contributed by atoms with Gasteiger partial charge in [0.1, 0.15) is 23.6 Å². The number of aliphatic hydroxyl groups excluding tert-OH is 1. The number of nitrogen functional groups attached to an aromatic ring is 1. The number of hydrogen-bond acceptors (Lipinski definition) is 7. The van der Waals surface area contributed by atoms with Crippen LogP contribution in [0.5, 0.6) is 0 Å². The van der Waals surface area contributed by atoms with Gasteiger partial charge >= 0.3 is 5.69 Å². The van der Waals surface area contributed by atoms with Gasteiger partial charge < -0.3 is 25.4 Å². The van der Waals surface area contributed by atoms with Crippen LogP contribution in [0.1, 0.15) is 13.2 Å². The molecule has 19 heavy (non-hydrogen) atoms. The molecule has 0 spiro atoms. The minimum absolute atomic E-state index is 0.0842. The molecule has 0 amide bonds. The summed E-state index contributed by atoms with van der Waals surface area (Å²) < 4.78 is 11.8. The quantitative estimate of drug-likeness (QED) is 0.610. The van der Waals surface area contributed by atoms with Crippen molar-refractivity contribution in [3.8, 4) is 0 Å². The van der Waals surface area contributed by atoms with Crippen molar-refractivity contribution in [3.05, 3.63) is 22.7 Å². The Hall–Kier alpha value is -1.48. The van der Waals surface area contributed by atoms with Gasteiger partial charge in [-0.3, -0.25) is 4.57 Å². The minimum Gasteiger partial charge on any atom is -0.394 e. The van der Waals surface area contributed by atoms with Gasteiger partial charge in [-0.2, -0.15) is 4.98 Å². The van der Waals surface area contributed by atoms with Crippen molar-refractivity contribution in [1.82, 2.24) is 9.55 Å². The lowest BCUT2D eigenvalue weighted by Gasteiger charge is -2.29. The van der Waals surface area contributed by atoms with E-state index in [9.17, 15) is 15.0 Å². The van der Waals surface area contributed by atoms with E-state index in [2.05, 4.69) is 4.98 Å². The molecule has 1 aromatic heterocycles. The van der Waals surface area contributed by atoms with E-state index < -0.39 is 29.7 Å². The van der Waals surface area contributed by atoms with Crippen molar-refractivity contribution >= 4 is 5.82 Å². The first-order valence-electron chi connectivity index (χ1n) is 5.78. The number of hydrogen-bond donors (Lipinski definition) is 3. The number of anilines is 1. The first kappa shape index (κ1) is 13.9. The third-order valence-corrected chi connectivity index (χ3v) is 3.26. The highest BCUT2D eigenvalue weighted by atomic mass is 16.6. The van der Waals surface area contributed by atoms with Gasteiger partial charge in [-0.05, 0) is 13.0 Å². The Bertz CT molecular complexity index is 515. The standard InChI is InChI=1S/C11H17N3O5/c1-11(17)8(18-2)6(5-15)19-9(11)14-4-3-7(12)13-10(14)16/h3-4,6,8-9,15,17H,5H2,1-2H3,(H2,12,13,16). The Morgan fingerprint density at radius 2 is 2.37 bits per heavy atom. The molecule has 1 saturated heterocycles. The molecule has 0 radical (unpaired) electrons. The number of aliphatic hydroxyl groups is 2. The van der Waals surface area contributed by atoms with E-state index in [0.29, 0.717) is 0 Å². The third-order valence-electron chi connectivity index (χ3n) is 3.26. The third kappa shape index (κ3) is 2.23. The molecule has 2 heterocycles. The largest absolute Gasteiger partial charge is 0.394 e. The normalized spacial score (nSPS) is 34.6. The van der Waals surface area contributed by atoms with Gasteiger partial charge in [-0.15, -0.1) is 0 Å². The van der Waals surface area contributed by atoms with Gasteiger partial charge in [0, 0.05) is 13.3 Å². The zero-order chi connectivity index (χ0) is 14.2. The number of ether oxygens (including phenoxy) is 2. The highest BCUT2D eigenvalue weighted by molar-refractivity contribution is 5.23. The van der Waals surface area contributed by atoms with Crippen LogP contribution in [-0.4, -0.2) is 51.3 Å². The van der Waals surface area contributed by atoms with Crippen molar-refractivity contribution in [1.29, 1.82) is 0 Å². The number of methoxy groups -OCH3 is 1. The van der Waals surface area contributed by atoms with E-state index in [0.717, 1.165) is 4.57 Å². The van der Waals surface area contributed by atoms with Crippen molar-refractivity contribution in [3.63, 3.8) is 0 Å². The van der Waals surface area contributed by atoms with Gasteiger partial charge in [-0.1, -0.05) is 0 Å². The summed E-state index contributed by atoms with van der Waals surface area (Å²) in [4.78, 5) is 15.4. The highest BCUT2D eigenvalue weighted by Crippen LogP contribution is 2.38. The molecule has 4 N–H and O–H groups in total. The number of nitrogens with two attached hydrogens (primary N) is 1. The van der Waals surface area contributed by atoms with E-state index >= 15 is 0 Å². The molecule has 8 heteroatoms. The fourth-order valence-corrected chi connectivity index (χ4v) is 2.37. The molecule has 1 fully saturated rings. The number of rotatable bonds is 3. The van der Waals surface area contributed by atoms with Crippen LogP contribution in [0.25, 0.3) is 0 Å². The summed E-state index contributed by atoms with van der Waals surface area (Å²) >= 11 is 0. The summed E-state index contributed by atoms with van der Waals surface area (Å²) in [6.45, 7) is 1.15. The first-order valence-corrected chi connectivity index (χ1v) is 5.78. The molecule has 8 nitrogen and oxygen atoms in total. The average Bonchev–Trinajstić information content (AvgIpc) is 2.60. The fraction of sp³-hybridized carbons (Fsp3) is 0.636. The Labute approximate surface area is 109 Å². The first-order chi connectivity index (χ1) is 8.91. The molecule has 1 aliphatic heterocycles. The van der Waals surface area contributed by atoms with Crippen molar-refractivity contribution in [2.75, 3.05) is 19.5 Å². The van der Waals surface area contributed by atoms with Crippen LogP contribution in [0.2, 0.25) is 0 Å².